The summed E-state index contributed by atoms with van der Waals surface area (Å²) >= 11 is 0. The molecular formula is C21H22O7. The number of rotatable bonds is 8. The lowest BCUT2D eigenvalue weighted by Gasteiger charge is -2.07. The third kappa shape index (κ3) is 6.42. The summed E-state index contributed by atoms with van der Waals surface area (Å²) in [6, 6.07) is 11.9. The predicted molar refractivity (Wildman–Crippen MR) is 101 cm³/mol. The SMILES string of the molecule is CCCOC(=O)c1ccc(OC(=O)Oc2ccc(C(=O)OCCC)cc2)cc1. The van der Waals surface area contributed by atoms with Gasteiger partial charge in [-0.3, -0.25) is 0 Å². The van der Waals surface area contributed by atoms with Crippen LogP contribution in [0, 0.1) is 0 Å². The molecule has 0 aliphatic rings. The van der Waals surface area contributed by atoms with E-state index in [-0.39, 0.29) is 11.5 Å². The lowest BCUT2D eigenvalue weighted by atomic mass is 10.2. The molecule has 7 nitrogen and oxygen atoms in total. The van der Waals surface area contributed by atoms with Gasteiger partial charge in [0.25, 0.3) is 0 Å². The number of ether oxygens (including phenoxy) is 4. The van der Waals surface area contributed by atoms with Crippen LogP contribution in [0.4, 0.5) is 4.79 Å². The highest BCUT2D eigenvalue weighted by Gasteiger charge is 2.12. The molecule has 0 saturated heterocycles. The van der Waals surface area contributed by atoms with Gasteiger partial charge in [-0.25, -0.2) is 14.4 Å². The smallest absolute Gasteiger partial charge is 0.462 e. The van der Waals surface area contributed by atoms with Crippen molar-refractivity contribution < 1.29 is 33.3 Å². The van der Waals surface area contributed by atoms with Gasteiger partial charge >= 0.3 is 18.1 Å². The zero-order valence-corrected chi connectivity index (χ0v) is 15.8. The van der Waals surface area contributed by atoms with Gasteiger partial charge in [-0.15, -0.1) is 0 Å². The van der Waals surface area contributed by atoms with Crippen LogP contribution in [0.3, 0.4) is 0 Å². The first-order valence-corrected chi connectivity index (χ1v) is 8.97. The van der Waals surface area contributed by atoms with E-state index in [0.29, 0.717) is 24.3 Å². The van der Waals surface area contributed by atoms with Gasteiger partial charge in [-0.2, -0.15) is 0 Å². The van der Waals surface area contributed by atoms with E-state index >= 15 is 0 Å². The quantitative estimate of drug-likeness (QED) is 0.491. The van der Waals surface area contributed by atoms with E-state index in [1.807, 2.05) is 13.8 Å². The summed E-state index contributed by atoms with van der Waals surface area (Å²) < 4.78 is 20.2. The van der Waals surface area contributed by atoms with E-state index in [1.165, 1.54) is 48.5 Å². The average molecular weight is 386 g/mol. The highest BCUT2D eigenvalue weighted by atomic mass is 16.7. The molecule has 0 amide bonds. The minimum atomic E-state index is -0.942. The second-order valence-corrected chi connectivity index (χ2v) is 5.77. The van der Waals surface area contributed by atoms with Crippen molar-refractivity contribution in [1.29, 1.82) is 0 Å². The van der Waals surface area contributed by atoms with Crippen molar-refractivity contribution in [1.82, 2.24) is 0 Å². The summed E-state index contributed by atoms with van der Waals surface area (Å²) in [6.45, 7) is 4.50. The van der Waals surface area contributed by atoms with E-state index in [4.69, 9.17) is 18.9 Å². The first-order valence-electron chi connectivity index (χ1n) is 8.97. The topological polar surface area (TPSA) is 88.1 Å². The van der Waals surface area contributed by atoms with E-state index in [2.05, 4.69) is 0 Å². The molecule has 0 radical (unpaired) electrons. The summed E-state index contributed by atoms with van der Waals surface area (Å²) in [5.41, 5.74) is 0.722. The fourth-order valence-electron chi connectivity index (χ4n) is 2.09. The van der Waals surface area contributed by atoms with Crippen molar-refractivity contribution >= 4 is 18.1 Å². The summed E-state index contributed by atoms with van der Waals surface area (Å²) in [7, 11) is 0. The zero-order valence-electron chi connectivity index (χ0n) is 15.8. The Balaban J connectivity index is 1.88. The predicted octanol–water partition coefficient (Wildman–Crippen LogP) is 4.40. The normalized spacial score (nSPS) is 10.1. The second-order valence-electron chi connectivity index (χ2n) is 5.77. The number of esters is 2. The van der Waals surface area contributed by atoms with Crippen molar-refractivity contribution in [3.8, 4) is 11.5 Å². The molecule has 0 heterocycles. The molecule has 0 saturated carbocycles. The average Bonchev–Trinajstić information content (AvgIpc) is 2.71. The third-order valence-electron chi connectivity index (χ3n) is 3.46. The van der Waals surface area contributed by atoms with Gasteiger partial charge in [0.2, 0.25) is 0 Å². The lowest BCUT2D eigenvalue weighted by molar-refractivity contribution is 0.0496. The summed E-state index contributed by atoms with van der Waals surface area (Å²) in [5.74, 6) is -0.435. The van der Waals surface area contributed by atoms with Gasteiger partial charge in [0, 0.05) is 0 Å². The number of hydrogen-bond donors (Lipinski definition) is 0. The molecule has 2 aromatic carbocycles. The molecule has 28 heavy (non-hydrogen) atoms. The van der Waals surface area contributed by atoms with Crippen LogP contribution in [0.2, 0.25) is 0 Å². The second kappa shape index (κ2) is 10.7. The van der Waals surface area contributed by atoms with Crippen LogP contribution in [0.1, 0.15) is 47.4 Å². The van der Waals surface area contributed by atoms with Crippen LogP contribution in [0.15, 0.2) is 48.5 Å². The maximum absolute atomic E-state index is 11.9. The van der Waals surface area contributed by atoms with Crippen molar-refractivity contribution in [2.75, 3.05) is 13.2 Å². The van der Waals surface area contributed by atoms with E-state index < -0.39 is 18.1 Å². The molecule has 2 aromatic rings. The van der Waals surface area contributed by atoms with Crippen LogP contribution in [0.5, 0.6) is 11.5 Å². The molecular weight excluding hydrogens is 364 g/mol. The molecule has 0 bridgehead atoms. The van der Waals surface area contributed by atoms with Crippen LogP contribution in [0.25, 0.3) is 0 Å². The molecule has 0 spiro atoms. The number of carbonyl (C=O) groups excluding carboxylic acids is 3. The molecule has 148 valence electrons. The Kier molecular flexibility index (Phi) is 8.02. The van der Waals surface area contributed by atoms with Crippen LogP contribution < -0.4 is 9.47 Å². The largest absolute Gasteiger partial charge is 0.519 e. The number of benzene rings is 2. The van der Waals surface area contributed by atoms with Crippen molar-refractivity contribution in [2.45, 2.75) is 26.7 Å². The first kappa shape index (κ1) is 21.0. The summed E-state index contributed by atoms with van der Waals surface area (Å²) in [5, 5.41) is 0. The molecule has 0 fully saturated rings. The Morgan fingerprint density at radius 3 is 1.32 bits per heavy atom. The molecule has 0 aromatic heterocycles. The van der Waals surface area contributed by atoms with Gasteiger partial charge in [-0.1, -0.05) is 13.8 Å². The number of hydrogen-bond acceptors (Lipinski definition) is 7. The molecule has 2 rings (SSSR count). The van der Waals surface area contributed by atoms with Gasteiger partial charge < -0.3 is 18.9 Å². The Labute approximate surface area is 163 Å². The maximum Gasteiger partial charge on any atom is 0.519 e. The van der Waals surface area contributed by atoms with Gasteiger partial charge in [-0.05, 0) is 61.4 Å². The summed E-state index contributed by atoms with van der Waals surface area (Å²) in [6.07, 6.45) is 0.530. The molecule has 0 aliphatic heterocycles. The van der Waals surface area contributed by atoms with Crippen molar-refractivity contribution in [3.63, 3.8) is 0 Å². The fraction of sp³-hybridized carbons (Fsp3) is 0.286. The van der Waals surface area contributed by atoms with Gasteiger partial charge in [0.15, 0.2) is 0 Å². The van der Waals surface area contributed by atoms with Crippen LogP contribution in [-0.2, 0) is 9.47 Å². The monoisotopic (exact) mass is 386 g/mol. The molecule has 0 unspecified atom stereocenters. The van der Waals surface area contributed by atoms with Crippen LogP contribution >= 0.6 is 0 Å². The minimum absolute atomic E-state index is 0.219. The Morgan fingerprint density at radius 1 is 0.643 bits per heavy atom. The standard InChI is InChI=1S/C21H22O7/c1-3-13-25-19(22)15-5-9-17(10-6-15)27-21(24)28-18-11-7-16(8-12-18)20(23)26-14-4-2/h5-12H,3-4,13-14H2,1-2H3. The molecule has 0 atom stereocenters. The van der Waals surface area contributed by atoms with Gasteiger partial charge in [0.1, 0.15) is 11.5 Å². The van der Waals surface area contributed by atoms with E-state index in [1.54, 1.807) is 0 Å². The molecule has 7 heteroatoms. The fourth-order valence-corrected chi connectivity index (χ4v) is 2.09. The first-order chi connectivity index (χ1) is 13.5. The highest BCUT2D eigenvalue weighted by molar-refractivity contribution is 5.90. The Morgan fingerprint density at radius 2 is 1.00 bits per heavy atom. The zero-order chi connectivity index (χ0) is 20.4. The minimum Gasteiger partial charge on any atom is -0.462 e. The molecule has 0 aliphatic carbocycles. The number of carbonyl (C=O) groups is 3. The third-order valence-corrected chi connectivity index (χ3v) is 3.46. The summed E-state index contributed by atoms with van der Waals surface area (Å²) in [4.78, 5) is 35.3. The Hall–Kier alpha value is -3.35. The van der Waals surface area contributed by atoms with Gasteiger partial charge in [0.05, 0.1) is 24.3 Å². The van der Waals surface area contributed by atoms with E-state index in [0.717, 1.165) is 12.8 Å². The van der Waals surface area contributed by atoms with Crippen molar-refractivity contribution in [2.24, 2.45) is 0 Å². The lowest BCUT2D eigenvalue weighted by Crippen LogP contribution is -2.14. The van der Waals surface area contributed by atoms with Crippen LogP contribution in [-0.4, -0.2) is 31.3 Å². The maximum atomic E-state index is 11.9. The highest BCUT2D eigenvalue weighted by Crippen LogP contribution is 2.17. The molecule has 0 N–H and O–H groups in total. The Bertz CT molecular complexity index is 727. The van der Waals surface area contributed by atoms with E-state index in [9.17, 15) is 14.4 Å². The van der Waals surface area contributed by atoms with Crippen molar-refractivity contribution in [3.05, 3.63) is 59.7 Å².